The van der Waals surface area contributed by atoms with Gasteiger partial charge in [0.1, 0.15) is 0 Å². The summed E-state index contributed by atoms with van der Waals surface area (Å²) in [6, 6.07) is 7.09. The lowest BCUT2D eigenvalue weighted by molar-refractivity contribution is 0.530. The van der Waals surface area contributed by atoms with Crippen molar-refractivity contribution in [1.82, 2.24) is 5.32 Å². The molecule has 0 heterocycles. The third-order valence-electron chi connectivity index (χ3n) is 3.90. The molecule has 1 aromatic carbocycles. The molecule has 0 atom stereocenters. The van der Waals surface area contributed by atoms with Crippen molar-refractivity contribution in [2.75, 3.05) is 13.1 Å². The Bertz CT molecular complexity index is 368. The van der Waals surface area contributed by atoms with E-state index in [0.717, 1.165) is 25.3 Å². The first-order chi connectivity index (χ1) is 9.67. The third-order valence-corrected chi connectivity index (χ3v) is 3.90. The Morgan fingerprint density at radius 1 is 0.950 bits per heavy atom. The lowest BCUT2D eigenvalue weighted by atomic mass is 9.97. The summed E-state index contributed by atoms with van der Waals surface area (Å²) in [6.07, 6.45) is 7.52. The molecule has 1 N–H and O–H groups in total. The Morgan fingerprint density at radius 3 is 2.35 bits per heavy atom. The van der Waals surface area contributed by atoms with Crippen LogP contribution >= 0.6 is 0 Å². The predicted octanol–water partition coefficient (Wildman–Crippen LogP) is 4.77. The molecule has 1 heteroatoms. The van der Waals surface area contributed by atoms with Gasteiger partial charge in [-0.15, -0.1) is 0 Å². The summed E-state index contributed by atoms with van der Waals surface area (Å²) in [5, 5.41) is 3.52. The van der Waals surface area contributed by atoms with Crippen molar-refractivity contribution in [1.29, 1.82) is 0 Å². The minimum atomic E-state index is 0.763. The smallest absolute Gasteiger partial charge is 0.00258 e. The van der Waals surface area contributed by atoms with Crippen molar-refractivity contribution in [3.8, 4) is 0 Å². The van der Waals surface area contributed by atoms with E-state index in [4.69, 9.17) is 0 Å². The maximum Gasteiger partial charge on any atom is -0.00258 e. The molecular weight excluding hydrogens is 242 g/mol. The van der Waals surface area contributed by atoms with Gasteiger partial charge in [-0.25, -0.2) is 0 Å². The van der Waals surface area contributed by atoms with Gasteiger partial charge in [0.15, 0.2) is 0 Å². The van der Waals surface area contributed by atoms with Gasteiger partial charge in [-0.2, -0.15) is 0 Å². The molecule has 0 aliphatic rings. The van der Waals surface area contributed by atoms with Gasteiger partial charge < -0.3 is 5.32 Å². The van der Waals surface area contributed by atoms with E-state index < -0.39 is 0 Å². The van der Waals surface area contributed by atoms with Gasteiger partial charge in [-0.3, -0.25) is 0 Å². The van der Waals surface area contributed by atoms with Crippen molar-refractivity contribution in [2.45, 2.75) is 66.2 Å². The number of aryl methyl sites for hydroxylation is 3. The molecule has 1 nitrogen and oxygen atoms in total. The minimum Gasteiger partial charge on any atom is -0.316 e. The van der Waals surface area contributed by atoms with E-state index in [-0.39, 0.29) is 0 Å². The van der Waals surface area contributed by atoms with Crippen LogP contribution in [0.4, 0.5) is 0 Å². The van der Waals surface area contributed by atoms with E-state index in [1.54, 1.807) is 5.56 Å². The number of hydrogen-bond acceptors (Lipinski definition) is 1. The maximum absolute atomic E-state index is 3.52. The minimum absolute atomic E-state index is 0.763. The summed E-state index contributed by atoms with van der Waals surface area (Å²) in [5.74, 6) is 0.763. The average Bonchev–Trinajstić information content (AvgIpc) is 2.45. The Hall–Kier alpha value is -0.820. The summed E-state index contributed by atoms with van der Waals surface area (Å²) in [6.45, 7) is 11.4. The summed E-state index contributed by atoms with van der Waals surface area (Å²) < 4.78 is 0. The molecule has 0 unspecified atom stereocenters. The molecule has 0 aliphatic heterocycles. The van der Waals surface area contributed by atoms with E-state index >= 15 is 0 Å². The number of nitrogens with one attached hydrogen (secondary N) is 1. The van der Waals surface area contributed by atoms with Crippen molar-refractivity contribution in [2.24, 2.45) is 5.92 Å². The molecule has 1 rings (SSSR count). The third kappa shape index (κ3) is 6.56. The van der Waals surface area contributed by atoms with Crippen LogP contribution in [-0.4, -0.2) is 13.1 Å². The standard InChI is InChI=1S/C19H33N/c1-5-18-12-11-17(14-19(18)6-2)10-8-7-9-13-20-15-16(3)4/h11-12,14,16,20H,5-10,13,15H2,1-4H3. The van der Waals surface area contributed by atoms with Crippen LogP contribution in [-0.2, 0) is 19.3 Å². The fraction of sp³-hybridized carbons (Fsp3) is 0.684. The topological polar surface area (TPSA) is 12.0 Å². The van der Waals surface area contributed by atoms with Gasteiger partial charge in [0.2, 0.25) is 0 Å². The quantitative estimate of drug-likeness (QED) is 0.607. The Balaban J connectivity index is 2.22. The highest BCUT2D eigenvalue weighted by Crippen LogP contribution is 2.15. The molecule has 0 saturated heterocycles. The van der Waals surface area contributed by atoms with E-state index in [2.05, 4.69) is 51.2 Å². The van der Waals surface area contributed by atoms with Crippen LogP contribution in [0.3, 0.4) is 0 Å². The van der Waals surface area contributed by atoms with Gasteiger partial charge >= 0.3 is 0 Å². The summed E-state index contributed by atoms with van der Waals surface area (Å²) in [4.78, 5) is 0. The molecular formula is C19H33N. The maximum atomic E-state index is 3.52. The van der Waals surface area contributed by atoms with Crippen molar-refractivity contribution < 1.29 is 0 Å². The van der Waals surface area contributed by atoms with Crippen LogP contribution in [0.1, 0.15) is 63.6 Å². The molecule has 0 amide bonds. The molecule has 0 bridgehead atoms. The number of unbranched alkanes of at least 4 members (excludes halogenated alkanes) is 2. The highest BCUT2D eigenvalue weighted by molar-refractivity contribution is 5.32. The zero-order valence-electron chi connectivity index (χ0n) is 14.0. The lowest BCUT2D eigenvalue weighted by Gasteiger charge is -2.09. The predicted molar refractivity (Wildman–Crippen MR) is 90.5 cm³/mol. The molecule has 0 fully saturated rings. The first-order valence-corrected chi connectivity index (χ1v) is 8.48. The SMILES string of the molecule is CCc1ccc(CCCCCNCC(C)C)cc1CC. The molecule has 0 saturated carbocycles. The van der Waals surface area contributed by atoms with E-state index in [1.807, 2.05) is 0 Å². The lowest BCUT2D eigenvalue weighted by Crippen LogP contribution is -2.20. The second kappa shape index (κ2) is 9.99. The second-order valence-corrected chi connectivity index (χ2v) is 6.22. The first-order valence-electron chi connectivity index (χ1n) is 8.48. The van der Waals surface area contributed by atoms with Gasteiger partial charge in [0.25, 0.3) is 0 Å². The molecule has 0 aromatic heterocycles. The monoisotopic (exact) mass is 275 g/mol. The van der Waals surface area contributed by atoms with Crippen molar-refractivity contribution in [3.05, 3.63) is 34.9 Å². The Morgan fingerprint density at radius 2 is 1.70 bits per heavy atom. The van der Waals surface area contributed by atoms with Gasteiger partial charge in [0.05, 0.1) is 0 Å². The van der Waals surface area contributed by atoms with Crippen molar-refractivity contribution >= 4 is 0 Å². The van der Waals surface area contributed by atoms with Gasteiger partial charge in [-0.1, -0.05) is 52.3 Å². The zero-order chi connectivity index (χ0) is 14.8. The molecule has 20 heavy (non-hydrogen) atoms. The molecule has 0 aliphatic carbocycles. The number of hydrogen-bond donors (Lipinski definition) is 1. The fourth-order valence-corrected chi connectivity index (χ4v) is 2.66. The highest BCUT2D eigenvalue weighted by atomic mass is 14.8. The second-order valence-electron chi connectivity index (χ2n) is 6.22. The van der Waals surface area contributed by atoms with Crippen LogP contribution in [0.2, 0.25) is 0 Å². The largest absolute Gasteiger partial charge is 0.316 e. The first kappa shape index (κ1) is 17.2. The summed E-state index contributed by atoms with van der Waals surface area (Å²) in [5.41, 5.74) is 4.59. The van der Waals surface area contributed by atoms with E-state index in [1.165, 1.54) is 43.4 Å². The van der Waals surface area contributed by atoms with E-state index in [0.29, 0.717) is 0 Å². The van der Waals surface area contributed by atoms with Gasteiger partial charge in [-0.05, 0) is 67.8 Å². The molecule has 0 radical (unpaired) electrons. The molecule has 0 spiro atoms. The molecule has 1 aromatic rings. The van der Waals surface area contributed by atoms with Crippen LogP contribution in [0, 0.1) is 5.92 Å². The normalized spacial score (nSPS) is 11.2. The van der Waals surface area contributed by atoms with Crippen LogP contribution in [0.15, 0.2) is 18.2 Å². The van der Waals surface area contributed by atoms with Gasteiger partial charge in [0, 0.05) is 0 Å². The average molecular weight is 275 g/mol. The fourth-order valence-electron chi connectivity index (χ4n) is 2.66. The van der Waals surface area contributed by atoms with Crippen LogP contribution in [0.5, 0.6) is 0 Å². The Labute approximate surface area is 126 Å². The van der Waals surface area contributed by atoms with E-state index in [9.17, 15) is 0 Å². The summed E-state index contributed by atoms with van der Waals surface area (Å²) in [7, 11) is 0. The highest BCUT2D eigenvalue weighted by Gasteiger charge is 2.01. The number of rotatable bonds is 10. The number of benzene rings is 1. The summed E-state index contributed by atoms with van der Waals surface area (Å²) >= 11 is 0. The Kier molecular flexibility index (Phi) is 8.60. The van der Waals surface area contributed by atoms with Crippen LogP contribution < -0.4 is 5.32 Å². The van der Waals surface area contributed by atoms with Crippen molar-refractivity contribution in [3.63, 3.8) is 0 Å². The zero-order valence-corrected chi connectivity index (χ0v) is 14.0. The molecule has 114 valence electrons. The van der Waals surface area contributed by atoms with Crippen LogP contribution in [0.25, 0.3) is 0 Å².